The van der Waals surface area contributed by atoms with Crippen LogP contribution in [-0.2, 0) is 5.60 Å². The molecule has 2 rings (SSSR count). The van der Waals surface area contributed by atoms with Crippen molar-refractivity contribution in [3.8, 4) is 0 Å². The summed E-state index contributed by atoms with van der Waals surface area (Å²) in [6, 6.07) is 3.77. The van der Waals surface area contributed by atoms with Gasteiger partial charge < -0.3 is 10.4 Å². The Kier molecular flexibility index (Phi) is 1.83. The first-order valence-corrected chi connectivity index (χ1v) is 4.15. The highest BCUT2D eigenvalue weighted by Crippen LogP contribution is 2.26. The highest BCUT2D eigenvalue weighted by Gasteiger charge is 2.32. The number of hydrogen-bond acceptors (Lipinski definition) is 3. The third kappa shape index (κ3) is 1.21. The van der Waals surface area contributed by atoms with Crippen LogP contribution in [-0.4, -0.2) is 23.2 Å². The van der Waals surface area contributed by atoms with Gasteiger partial charge in [0, 0.05) is 24.5 Å². The van der Waals surface area contributed by atoms with Crippen molar-refractivity contribution in [2.45, 2.75) is 12.0 Å². The van der Waals surface area contributed by atoms with Crippen LogP contribution >= 0.6 is 0 Å². The zero-order chi connectivity index (χ0) is 8.44. The minimum absolute atomic E-state index is 0.638. The van der Waals surface area contributed by atoms with Gasteiger partial charge in [-0.3, -0.25) is 4.98 Å². The summed E-state index contributed by atoms with van der Waals surface area (Å²) in [4.78, 5) is 3.99. The first-order valence-electron chi connectivity index (χ1n) is 4.15. The lowest BCUT2D eigenvalue weighted by molar-refractivity contribution is 0.0584. The summed E-state index contributed by atoms with van der Waals surface area (Å²) in [5.41, 5.74) is 0.226. The molecule has 1 fully saturated rings. The monoisotopic (exact) mass is 164 g/mol. The average molecular weight is 164 g/mol. The lowest BCUT2D eigenvalue weighted by Gasteiger charge is -2.20. The molecule has 0 saturated carbocycles. The van der Waals surface area contributed by atoms with Crippen molar-refractivity contribution in [2.75, 3.05) is 13.1 Å². The number of aliphatic hydroxyl groups is 1. The van der Waals surface area contributed by atoms with Gasteiger partial charge in [-0.25, -0.2) is 0 Å². The van der Waals surface area contributed by atoms with Crippen LogP contribution < -0.4 is 5.32 Å². The molecule has 2 heterocycles. The van der Waals surface area contributed by atoms with Gasteiger partial charge in [-0.2, -0.15) is 0 Å². The maximum Gasteiger partial charge on any atom is 0.105 e. The van der Waals surface area contributed by atoms with E-state index in [1.54, 1.807) is 12.4 Å². The Bertz CT molecular complexity index is 254. The number of pyridine rings is 1. The zero-order valence-corrected chi connectivity index (χ0v) is 6.83. The minimum Gasteiger partial charge on any atom is -0.384 e. The van der Waals surface area contributed by atoms with Crippen molar-refractivity contribution in [1.82, 2.24) is 10.3 Å². The predicted molar refractivity (Wildman–Crippen MR) is 45.6 cm³/mol. The fourth-order valence-electron chi connectivity index (χ4n) is 1.56. The summed E-state index contributed by atoms with van der Waals surface area (Å²) in [6.45, 7) is 1.52. The summed E-state index contributed by atoms with van der Waals surface area (Å²) in [5.74, 6) is 0. The molecule has 3 nitrogen and oxygen atoms in total. The maximum absolute atomic E-state index is 10.1. The first kappa shape index (κ1) is 7.71. The normalized spacial score (nSPS) is 29.1. The smallest absolute Gasteiger partial charge is 0.105 e. The second-order valence-electron chi connectivity index (χ2n) is 3.20. The average Bonchev–Trinajstić information content (AvgIpc) is 2.55. The van der Waals surface area contributed by atoms with Gasteiger partial charge in [0.05, 0.1) is 0 Å². The highest BCUT2D eigenvalue weighted by atomic mass is 16.3. The van der Waals surface area contributed by atoms with Gasteiger partial charge in [-0.1, -0.05) is 6.07 Å². The molecule has 0 aliphatic carbocycles. The molecular weight excluding hydrogens is 152 g/mol. The van der Waals surface area contributed by atoms with Crippen molar-refractivity contribution < 1.29 is 5.11 Å². The van der Waals surface area contributed by atoms with E-state index < -0.39 is 5.60 Å². The number of nitrogens with one attached hydrogen (secondary N) is 1. The molecule has 1 aliphatic heterocycles. The van der Waals surface area contributed by atoms with Crippen molar-refractivity contribution in [3.05, 3.63) is 30.1 Å². The van der Waals surface area contributed by atoms with Gasteiger partial charge in [0.2, 0.25) is 0 Å². The van der Waals surface area contributed by atoms with Crippen molar-refractivity contribution in [1.29, 1.82) is 0 Å². The van der Waals surface area contributed by atoms with E-state index in [4.69, 9.17) is 0 Å². The molecule has 0 amide bonds. The molecule has 64 valence electrons. The van der Waals surface area contributed by atoms with Gasteiger partial charge in [0.1, 0.15) is 5.60 Å². The third-order valence-electron chi connectivity index (χ3n) is 2.33. The van der Waals surface area contributed by atoms with E-state index in [1.807, 2.05) is 12.1 Å². The van der Waals surface area contributed by atoms with Gasteiger partial charge in [-0.05, 0) is 19.0 Å². The van der Waals surface area contributed by atoms with Crippen LogP contribution in [0.1, 0.15) is 12.0 Å². The molecule has 12 heavy (non-hydrogen) atoms. The van der Waals surface area contributed by atoms with Crippen LogP contribution in [0, 0.1) is 0 Å². The topological polar surface area (TPSA) is 45.2 Å². The fraction of sp³-hybridized carbons (Fsp3) is 0.444. The maximum atomic E-state index is 10.1. The molecule has 1 saturated heterocycles. The number of β-amino-alcohol motifs (C(OH)–C–C–N with tert-alkyl or cyclic N) is 1. The second kappa shape index (κ2) is 2.84. The molecule has 1 aromatic rings. The minimum atomic E-state index is -0.686. The van der Waals surface area contributed by atoms with E-state index in [1.165, 1.54) is 0 Å². The van der Waals surface area contributed by atoms with E-state index >= 15 is 0 Å². The second-order valence-corrected chi connectivity index (χ2v) is 3.20. The van der Waals surface area contributed by atoms with E-state index in [9.17, 15) is 5.11 Å². The highest BCUT2D eigenvalue weighted by molar-refractivity contribution is 5.20. The summed E-state index contributed by atoms with van der Waals surface area (Å²) in [5, 5.41) is 13.2. The summed E-state index contributed by atoms with van der Waals surface area (Å²) in [7, 11) is 0. The fourth-order valence-corrected chi connectivity index (χ4v) is 1.56. The van der Waals surface area contributed by atoms with Crippen LogP contribution in [0.4, 0.5) is 0 Å². The van der Waals surface area contributed by atoms with Crippen LogP contribution in [0.5, 0.6) is 0 Å². The third-order valence-corrected chi connectivity index (χ3v) is 2.33. The Labute approximate surface area is 71.4 Å². The Morgan fingerprint density at radius 2 is 2.50 bits per heavy atom. The van der Waals surface area contributed by atoms with Crippen LogP contribution in [0.2, 0.25) is 0 Å². The molecule has 3 heteroatoms. The van der Waals surface area contributed by atoms with E-state index in [0.29, 0.717) is 6.54 Å². The largest absolute Gasteiger partial charge is 0.384 e. The molecule has 0 spiro atoms. The van der Waals surface area contributed by atoms with Crippen molar-refractivity contribution in [3.63, 3.8) is 0 Å². The molecular formula is C9H12N2O. The molecule has 1 aliphatic rings. The van der Waals surface area contributed by atoms with Crippen LogP contribution in [0.15, 0.2) is 24.5 Å². The molecule has 0 bridgehead atoms. The lowest BCUT2D eigenvalue weighted by atomic mass is 9.95. The molecule has 0 aromatic carbocycles. The number of nitrogens with zero attached hydrogens (tertiary/aromatic N) is 1. The molecule has 0 radical (unpaired) electrons. The van der Waals surface area contributed by atoms with E-state index in [-0.39, 0.29) is 0 Å². The van der Waals surface area contributed by atoms with Gasteiger partial charge in [0.25, 0.3) is 0 Å². The number of rotatable bonds is 1. The van der Waals surface area contributed by atoms with Crippen LogP contribution in [0.25, 0.3) is 0 Å². The van der Waals surface area contributed by atoms with Crippen LogP contribution in [0.3, 0.4) is 0 Å². The molecule has 1 aromatic heterocycles. The van der Waals surface area contributed by atoms with E-state index in [0.717, 1.165) is 18.5 Å². The summed E-state index contributed by atoms with van der Waals surface area (Å²) >= 11 is 0. The predicted octanol–water partition coefficient (Wildman–Crippen LogP) is 0.263. The molecule has 0 unspecified atom stereocenters. The quantitative estimate of drug-likeness (QED) is 0.626. The van der Waals surface area contributed by atoms with Crippen molar-refractivity contribution in [2.24, 2.45) is 0 Å². The molecule has 2 N–H and O–H groups in total. The number of aromatic nitrogens is 1. The summed E-state index contributed by atoms with van der Waals surface area (Å²) < 4.78 is 0. The Hall–Kier alpha value is -0.930. The SMILES string of the molecule is O[C@]1(c2cccnc2)CCNC1. The Morgan fingerprint density at radius 3 is 3.08 bits per heavy atom. The Morgan fingerprint density at radius 1 is 1.58 bits per heavy atom. The first-order chi connectivity index (χ1) is 5.81. The van der Waals surface area contributed by atoms with E-state index in [2.05, 4.69) is 10.3 Å². The molecule has 1 atom stereocenters. The lowest BCUT2D eigenvalue weighted by Crippen LogP contribution is -2.28. The van der Waals surface area contributed by atoms with Gasteiger partial charge in [0.15, 0.2) is 0 Å². The zero-order valence-electron chi connectivity index (χ0n) is 6.83. The van der Waals surface area contributed by atoms with Crippen molar-refractivity contribution >= 4 is 0 Å². The standard InChI is InChI=1S/C9H12N2O/c12-9(3-5-11-7-9)8-2-1-4-10-6-8/h1-2,4,6,11-12H,3,5,7H2/t9-/m1/s1. The Balaban J connectivity index is 2.29. The van der Waals surface area contributed by atoms with Gasteiger partial charge in [-0.15, -0.1) is 0 Å². The van der Waals surface area contributed by atoms with Gasteiger partial charge >= 0.3 is 0 Å². The summed E-state index contributed by atoms with van der Waals surface area (Å²) in [6.07, 6.45) is 4.22. The number of hydrogen-bond donors (Lipinski definition) is 2.